The molecule has 0 aliphatic heterocycles. The van der Waals surface area contributed by atoms with Gasteiger partial charge >= 0.3 is 0 Å². The van der Waals surface area contributed by atoms with Crippen molar-refractivity contribution in [3.05, 3.63) is 39.0 Å². The van der Waals surface area contributed by atoms with Crippen LogP contribution >= 0.6 is 27.5 Å². The molecule has 6 heteroatoms. The Morgan fingerprint density at radius 1 is 1.58 bits per heavy atom. The van der Waals surface area contributed by atoms with Gasteiger partial charge in [-0.2, -0.15) is 5.10 Å². The van der Waals surface area contributed by atoms with Crippen LogP contribution in [0.4, 0.5) is 0 Å². The second-order valence-electron chi connectivity index (χ2n) is 4.38. The minimum absolute atomic E-state index is 0.130. The number of furan rings is 1. The molecule has 0 radical (unpaired) electrons. The quantitative estimate of drug-likeness (QED) is 0.901. The molecule has 2 aromatic heterocycles. The van der Waals surface area contributed by atoms with Gasteiger partial charge < -0.3 is 9.73 Å². The van der Waals surface area contributed by atoms with Crippen LogP contribution in [0.25, 0.3) is 0 Å². The van der Waals surface area contributed by atoms with Crippen molar-refractivity contribution in [2.45, 2.75) is 25.8 Å². The zero-order valence-corrected chi connectivity index (χ0v) is 13.5. The van der Waals surface area contributed by atoms with E-state index in [1.54, 1.807) is 6.26 Å². The smallest absolute Gasteiger partial charge is 0.173 e. The summed E-state index contributed by atoms with van der Waals surface area (Å²) >= 11 is 9.80. The maximum atomic E-state index is 6.39. The number of aryl methyl sites for hydroxylation is 2. The molecule has 1 unspecified atom stereocenters. The van der Waals surface area contributed by atoms with Crippen LogP contribution in [-0.2, 0) is 19.9 Å². The first-order valence-electron chi connectivity index (χ1n) is 6.18. The molecule has 1 atom stereocenters. The van der Waals surface area contributed by atoms with Crippen molar-refractivity contribution in [1.29, 1.82) is 0 Å². The summed E-state index contributed by atoms with van der Waals surface area (Å²) in [6, 6.07) is 2.08. The van der Waals surface area contributed by atoms with E-state index in [9.17, 15) is 0 Å². The average Bonchev–Trinajstić information content (AvgIpc) is 2.93. The van der Waals surface area contributed by atoms with Gasteiger partial charge in [0, 0.05) is 25.1 Å². The van der Waals surface area contributed by atoms with E-state index in [0.717, 1.165) is 39.5 Å². The Morgan fingerprint density at radius 2 is 2.32 bits per heavy atom. The van der Waals surface area contributed by atoms with Crippen LogP contribution in [0.3, 0.4) is 0 Å². The van der Waals surface area contributed by atoms with Crippen LogP contribution in [-0.4, -0.2) is 16.8 Å². The molecular weight excluding hydrogens is 330 g/mol. The van der Waals surface area contributed by atoms with Gasteiger partial charge in [-0.1, -0.05) is 18.5 Å². The van der Waals surface area contributed by atoms with Gasteiger partial charge in [0.2, 0.25) is 0 Å². The first kappa shape index (κ1) is 14.6. The first-order valence-corrected chi connectivity index (χ1v) is 7.36. The molecule has 2 aromatic rings. The van der Waals surface area contributed by atoms with Crippen LogP contribution in [0, 0.1) is 0 Å². The first-order chi connectivity index (χ1) is 9.08. The third-order valence-corrected chi connectivity index (χ3v) is 4.35. The Bertz CT molecular complexity index is 564. The highest BCUT2D eigenvalue weighted by Crippen LogP contribution is 2.30. The topological polar surface area (TPSA) is 43.0 Å². The fraction of sp³-hybridized carbons (Fsp3) is 0.462. The largest absolute Gasteiger partial charge is 0.457 e. The molecule has 0 amide bonds. The van der Waals surface area contributed by atoms with Gasteiger partial charge in [0.25, 0.3) is 0 Å². The Hall–Kier alpha value is -0.780. The summed E-state index contributed by atoms with van der Waals surface area (Å²) in [5, 5.41) is 8.50. The molecule has 0 fully saturated rings. The fourth-order valence-electron chi connectivity index (χ4n) is 2.16. The number of hydrogen-bond acceptors (Lipinski definition) is 3. The van der Waals surface area contributed by atoms with Gasteiger partial charge in [0.1, 0.15) is 0 Å². The molecular formula is C13H17BrClN3O. The van der Waals surface area contributed by atoms with Gasteiger partial charge in [0.05, 0.1) is 22.7 Å². The highest BCUT2D eigenvalue weighted by molar-refractivity contribution is 9.10. The number of likely N-dealkylation sites (N-methyl/N-ethyl adjacent to an activating group) is 1. The summed E-state index contributed by atoms with van der Waals surface area (Å²) in [6.07, 6.45) is 3.27. The molecule has 0 saturated carbocycles. The van der Waals surface area contributed by atoms with E-state index >= 15 is 0 Å². The molecule has 1 N–H and O–H groups in total. The molecule has 2 rings (SSSR count). The number of halogens is 2. The summed E-state index contributed by atoms with van der Waals surface area (Å²) in [5.41, 5.74) is 3.06. The average molecular weight is 347 g/mol. The third kappa shape index (κ3) is 2.88. The minimum Gasteiger partial charge on any atom is -0.457 e. The predicted octanol–water partition coefficient (Wildman–Crippen LogP) is 3.49. The number of nitrogens with zero attached hydrogens (tertiary/aromatic N) is 2. The summed E-state index contributed by atoms with van der Waals surface area (Å²) in [4.78, 5) is 0. The van der Waals surface area contributed by atoms with Crippen molar-refractivity contribution in [1.82, 2.24) is 15.1 Å². The normalized spacial score (nSPS) is 12.9. The third-order valence-electron chi connectivity index (χ3n) is 3.27. The summed E-state index contributed by atoms with van der Waals surface area (Å²) in [7, 11) is 3.85. The Balaban J connectivity index is 2.29. The van der Waals surface area contributed by atoms with Crippen LogP contribution in [0.2, 0.25) is 5.02 Å². The number of nitrogens with one attached hydrogen (secondary N) is 1. The van der Waals surface area contributed by atoms with E-state index in [4.69, 9.17) is 16.0 Å². The van der Waals surface area contributed by atoms with E-state index in [2.05, 4.69) is 33.3 Å². The van der Waals surface area contributed by atoms with Crippen molar-refractivity contribution in [2.75, 3.05) is 7.05 Å². The molecule has 0 aliphatic rings. The minimum atomic E-state index is 0.130. The second kappa shape index (κ2) is 6.11. The van der Waals surface area contributed by atoms with Gasteiger partial charge in [-0.05, 0) is 35.5 Å². The lowest BCUT2D eigenvalue weighted by Crippen LogP contribution is -2.20. The lowest BCUT2D eigenvalue weighted by atomic mass is 10.0. The van der Waals surface area contributed by atoms with Crippen LogP contribution < -0.4 is 5.32 Å². The summed E-state index contributed by atoms with van der Waals surface area (Å²) in [6.45, 7) is 2.06. The number of rotatable bonds is 5. The maximum Gasteiger partial charge on any atom is 0.173 e. The zero-order chi connectivity index (χ0) is 14.0. The van der Waals surface area contributed by atoms with Gasteiger partial charge in [-0.15, -0.1) is 0 Å². The van der Waals surface area contributed by atoms with Crippen LogP contribution in [0.15, 0.2) is 21.4 Å². The highest BCUT2D eigenvalue weighted by atomic mass is 79.9. The molecule has 4 nitrogen and oxygen atoms in total. The monoisotopic (exact) mass is 345 g/mol. The van der Waals surface area contributed by atoms with Crippen molar-refractivity contribution >= 4 is 27.5 Å². The van der Waals surface area contributed by atoms with Crippen molar-refractivity contribution in [3.8, 4) is 0 Å². The molecule has 0 bridgehead atoms. The summed E-state index contributed by atoms with van der Waals surface area (Å²) in [5.74, 6) is 0. The van der Waals surface area contributed by atoms with E-state index in [-0.39, 0.29) is 6.04 Å². The van der Waals surface area contributed by atoms with E-state index < -0.39 is 0 Å². The molecule has 19 heavy (non-hydrogen) atoms. The Morgan fingerprint density at radius 3 is 2.79 bits per heavy atom. The van der Waals surface area contributed by atoms with Crippen molar-refractivity contribution in [3.63, 3.8) is 0 Å². The molecule has 0 aliphatic carbocycles. The van der Waals surface area contributed by atoms with Crippen LogP contribution in [0.5, 0.6) is 0 Å². The Kier molecular flexibility index (Phi) is 4.71. The fourth-order valence-corrected chi connectivity index (χ4v) is 3.04. The van der Waals surface area contributed by atoms with Crippen molar-refractivity contribution in [2.24, 2.45) is 7.05 Å². The number of hydrogen-bond donors (Lipinski definition) is 1. The molecule has 0 aromatic carbocycles. The molecule has 0 saturated heterocycles. The van der Waals surface area contributed by atoms with Gasteiger partial charge in [0.15, 0.2) is 4.67 Å². The molecule has 2 heterocycles. The van der Waals surface area contributed by atoms with Gasteiger partial charge in [-0.25, -0.2) is 0 Å². The van der Waals surface area contributed by atoms with Gasteiger partial charge in [-0.3, -0.25) is 4.68 Å². The van der Waals surface area contributed by atoms with Crippen LogP contribution in [0.1, 0.15) is 29.9 Å². The lowest BCUT2D eigenvalue weighted by molar-refractivity contribution is 0.512. The maximum absolute atomic E-state index is 6.39. The molecule has 104 valence electrons. The number of aromatic nitrogens is 2. The highest BCUT2D eigenvalue weighted by Gasteiger charge is 2.20. The second-order valence-corrected chi connectivity index (χ2v) is 5.48. The lowest BCUT2D eigenvalue weighted by Gasteiger charge is -2.15. The standard InChI is InChI=1S/C13H17BrClN3O/c1-4-9-12(15)11(18(3)17-9)7-10(16-2)8-5-6-19-13(8)14/h5-6,10,16H,4,7H2,1-3H3. The van der Waals surface area contributed by atoms with E-state index in [0.29, 0.717) is 0 Å². The molecule has 0 spiro atoms. The summed E-state index contributed by atoms with van der Waals surface area (Å²) < 4.78 is 7.90. The zero-order valence-electron chi connectivity index (χ0n) is 11.2. The van der Waals surface area contributed by atoms with E-state index in [1.807, 2.05) is 24.8 Å². The van der Waals surface area contributed by atoms with E-state index in [1.165, 1.54) is 0 Å². The predicted molar refractivity (Wildman–Crippen MR) is 79.5 cm³/mol. The van der Waals surface area contributed by atoms with Crippen molar-refractivity contribution < 1.29 is 4.42 Å². The Labute approximate surface area is 126 Å². The SMILES string of the molecule is CCc1nn(C)c(CC(NC)c2ccoc2Br)c1Cl.